The molecule has 0 amide bonds. The summed E-state index contributed by atoms with van der Waals surface area (Å²) in [5.41, 5.74) is 18.6. The summed E-state index contributed by atoms with van der Waals surface area (Å²) >= 11 is 0. The van der Waals surface area contributed by atoms with Gasteiger partial charge in [0.1, 0.15) is 5.65 Å². The number of fused-ring (bicyclic) bond motifs is 15. The van der Waals surface area contributed by atoms with Crippen molar-refractivity contribution >= 4 is 82.5 Å². The van der Waals surface area contributed by atoms with Crippen molar-refractivity contribution in [2.75, 3.05) is 9.80 Å². The molecule has 0 aliphatic carbocycles. The van der Waals surface area contributed by atoms with Crippen molar-refractivity contribution < 1.29 is 25.8 Å². The zero-order chi connectivity index (χ0) is 48.3. The van der Waals surface area contributed by atoms with Gasteiger partial charge in [0.2, 0.25) is 0 Å². The molecule has 0 radical (unpaired) electrons. The molecule has 10 aromatic carbocycles. The van der Waals surface area contributed by atoms with Gasteiger partial charge in [0, 0.05) is 88.8 Å². The Bertz CT molecular complexity index is 4480. The molecule has 0 unspecified atom stereocenters. The molecule has 5 nitrogen and oxygen atoms in total. The van der Waals surface area contributed by atoms with Crippen LogP contribution in [0.1, 0.15) is 11.1 Å². The maximum Gasteiger partial charge on any atom is 0.143 e. The fourth-order valence-corrected chi connectivity index (χ4v) is 11.9. The average molecular weight is 1130 g/mol. The Morgan fingerprint density at radius 1 is 0.419 bits per heavy atom. The van der Waals surface area contributed by atoms with Gasteiger partial charge in [-0.05, 0) is 75.7 Å². The van der Waals surface area contributed by atoms with Crippen molar-refractivity contribution in [3.8, 4) is 56.0 Å². The minimum atomic E-state index is 0. The standard InChI is InChI=1S/C68H43N4O.Pt/c1-42-36-43(2)38-45(37-42)49-25-12-24-48(44-16-4-3-5-17-44)65(49)70-41-71-63-39-46(31-33-56(63)52-20-8-10-22-54(52)59-28-14-30-62(70)67(59)71)73-47-32-34-57-60-27-13-26-58-53-21-9-6-18-50(53)51-19-7-11-23-55(51)61-29-15-35-69-68(61)72(66(58)60)64(57)40-47;/h3-38,41H,1-2H3;/q-3;. The number of rotatable bonds is 5. The van der Waals surface area contributed by atoms with Crippen LogP contribution in [0.25, 0.3) is 104 Å². The molecule has 0 saturated carbocycles. The van der Waals surface area contributed by atoms with E-state index in [1.54, 1.807) is 0 Å². The van der Waals surface area contributed by atoms with E-state index in [-0.39, 0.29) is 21.1 Å². The Balaban J connectivity index is 0.00000505. The average Bonchev–Trinajstić information content (AvgIpc) is 3.97. The summed E-state index contributed by atoms with van der Waals surface area (Å²) in [6, 6.07) is 84.0. The molecule has 74 heavy (non-hydrogen) atoms. The molecule has 6 heteroatoms. The Kier molecular flexibility index (Phi) is 10.2. The minimum Gasteiger partial charge on any atom is -0.509 e. The van der Waals surface area contributed by atoms with Crippen molar-refractivity contribution in [1.29, 1.82) is 0 Å². The third-order valence-corrected chi connectivity index (χ3v) is 14.9. The van der Waals surface area contributed by atoms with Crippen LogP contribution in [0.4, 0.5) is 22.7 Å². The van der Waals surface area contributed by atoms with Gasteiger partial charge >= 0.3 is 0 Å². The van der Waals surface area contributed by atoms with E-state index in [0.29, 0.717) is 11.5 Å². The number of hydrogen-bond acceptors (Lipinski definition) is 4. The molecule has 13 aromatic rings. The Morgan fingerprint density at radius 3 is 1.73 bits per heavy atom. The van der Waals surface area contributed by atoms with Gasteiger partial charge in [-0.3, -0.25) is 0 Å². The van der Waals surface area contributed by atoms with Gasteiger partial charge in [0.25, 0.3) is 0 Å². The fraction of sp³-hybridized carbons (Fsp3) is 0.0294. The maximum absolute atomic E-state index is 6.99. The topological polar surface area (TPSA) is 33.0 Å². The monoisotopic (exact) mass is 1130 g/mol. The van der Waals surface area contributed by atoms with Crippen LogP contribution in [-0.2, 0) is 21.1 Å². The molecule has 0 N–H and O–H groups in total. The molecule has 0 saturated heterocycles. The van der Waals surface area contributed by atoms with Crippen LogP contribution in [-0.4, -0.2) is 9.38 Å². The zero-order valence-corrected chi connectivity index (χ0v) is 42.6. The summed E-state index contributed by atoms with van der Waals surface area (Å²) in [5, 5.41) is 9.03. The molecule has 3 aromatic heterocycles. The SMILES string of the molecule is Cc1cc(C)cc(-c2cccc(-c3ccccc3)c2N2[CH-]N3c4[c-]c(Oc5[c-]c6c(cc5)c5cccc7c8ccccc8c8ccccc8c8cccnc8n6c75)ccc4-c4ccccc4-c4cccc2c43)c1.[Pt]. The second kappa shape index (κ2) is 17.2. The number of pyridine rings is 1. The van der Waals surface area contributed by atoms with Crippen LogP contribution in [0.15, 0.2) is 219 Å². The van der Waals surface area contributed by atoms with Crippen LogP contribution >= 0.6 is 0 Å². The second-order valence-electron chi connectivity index (χ2n) is 19.3. The van der Waals surface area contributed by atoms with Crippen LogP contribution in [0.2, 0.25) is 0 Å². The van der Waals surface area contributed by atoms with Gasteiger partial charge in [-0.15, -0.1) is 41.9 Å². The van der Waals surface area contributed by atoms with Crippen LogP contribution < -0.4 is 14.5 Å². The summed E-state index contributed by atoms with van der Waals surface area (Å²) in [4.78, 5) is 9.88. The third-order valence-electron chi connectivity index (χ3n) is 14.9. The van der Waals surface area contributed by atoms with Gasteiger partial charge in [-0.1, -0.05) is 198 Å². The van der Waals surface area contributed by atoms with E-state index in [4.69, 9.17) is 9.72 Å². The molecule has 0 bridgehead atoms. The number of nitrogens with zero attached hydrogens (tertiary/aromatic N) is 4. The van der Waals surface area contributed by atoms with Crippen molar-refractivity contribution in [1.82, 2.24) is 9.38 Å². The van der Waals surface area contributed by atoms with E-state index < -0.39 is 0 Å². The molecule has 0 spiro atoms. The number of benzene rings is 10. The first-order valence-electron chi connectivity index (χ1n) is 24.9. The Hall–Kier alpha value is -8.76. The molecule has 5 heterocycles. The molecule has 2 aliphatic rings. The van der Waals surface area contributed by atoms with Gasteiger partial charge < -0.3 is 18.9 Å². The van der Waals surface area contributed by atoms with Gasteiger partial charge in [-0.2, -0.15) is 12.1 Å². The molecular weight excluding hydrogens is 1080 g/mol. The van der Waals surface area contributed by atoms with Crippen LogP contribution in [0.3, 0.4) is 0 Å². The molecular formula is C68H43N4OPt-3. The first kappa shape index (κ1) is 44.0. The van der Waals surface area contributed by atoms with Crippen molar-refractivity contribution in [2.24, 2.45) is 0 Å². The van der Waals surface area contributed by atoms with E-state index in [1.807, 2.05) is 24.4 Å². The summed E-state index contributed by atoms with van der Waals surface area (Å²) in [6.45, 7) is 6.62. The predicted octanol–water partition coefficient (Wildman–Crippen LogP) is 18.1. The number of hydrogen-bond donors (Lipinski definition) is 0. The van der Waals surface area contributed by atoms with Crippen LogP contribution in [0, 0.1) is 32.6 Å². The summed E-state index contributed by atoms with van der Waals surface area (Å²) < 4.78 is 9.29. The zero-order valence-electron chi connectivity index (χ0n) is 40.4. The van der Waals surface area contributed by atoms with Crippen molar-refractivity contribution in [2.45, 2.75) is 13.8 Å². The van der Waals surface area contributed by atoms with E-state index in [0.717, 1.165) is 99.7 Å². The van der Waals surface area contributed by atoms with Crippen molar-refractivity contribution in [3.05, 3.63) is 248 Å². The summed E-state index contributed by atoms with van der Waals surface area (Å²) in [5.74, 6) is 1.17. The van der Waals surface area contributed by atoms with Crippen molar-refractivity contribution in [3.63, 3.8) is 0 Å². The van der Waals surface area contributed by atoms with Crippen LogP contribution in [0.5, 0.6) is 11.5 Å². The number of anilines is 4. The van der Waals surface area contributed by atoms with E-state index in [1.165, 1.54) is 38.4 Å². The maximum atomic E-state index is 6.99. The third kappa shape index (κ3) is 6.70. The second-order valence-corrected chi connectivity index (χ2v) is 19.3. The number of ether oxygens (including phenoxy) is 1. The first-order valence-corrected chi connectivity index (χ1v) is 24.9. The van der Waals surface area contributed by atoms with Gasteiger partial charge in [0.15, 0.2) is 0 Å². The molecule has 0 atom stereocenters. The van der Waals surface area contributed by atoms with Gasteiger partial charge in [0.05, 0.1) is 0 Å². The minimum absolute atomic E-state index is 0. The molecule has 2 aliphatic heterocycles. The summed E-state index contributed by atoms with van der Waals surface area (Å²) in [6.07, 6.45) is 1.89. The van der Waals surface area contributed by atoms with Gasteiger partial charge in [-0.25, -0.2) is 4.98 Å². The normalized spacial score (nSPS) is 12.5. The molecule has 354 valence electrons. The number of para-hydroxylation sites is 3. The first-order chi connectivity index (χ1) is 36.0. The molecule has 0 fully saturated rings. The van der Waals surface area contributed by atoms with E-state index in [9.17, 15) is 0 Å². The smallest absolute Gasteiger partial charge is 0.143 e. The predicted molar refractivity (Wildman–Crippen MR) is 302 cm³/mol. The molecule has 15 rings (SSSR count). The summed E-state index contributed by atoms with van der Waals surface area (Å²) in [7, 11) is 0. The van der Waals surface area contributed by atoms with E-state index >= 15 is 0 Å². The van der Waals surface area contributed by atoms with E-state index in [2.05, 4.69) is 241 Å². The quantitative estimate of drug-likeness (QED) is 0.161. The Morgan fingerprint density at radius 2 is 0.973 bits per heavy atom. The fourth-order valence-electron chi connectivity index (χ4n) is 11.9. The largest absolute Gasteiger partial charge is 0.509 e. The Labute approximate surface area is 443 Å². The number of aromatic nitrogens is 2. The number of aryl methyl sites for hydroxylation is 2.